The quantitative estimate of drug-likeness (QED) is 0.583. The van der Waals surface area contributed by atoms with Crippen LogP contribution in [-0.4, -0.2) is 6.61 Å². The summed E-state index contributed by atoms with van der Waals surface area (Å²) < 4.78 is 6.15. The Bertz CT molecular complexity index is 678. The van der Waals surface area contributed by atoms with Gasteiger partial charge < -0.3 is 4.74 Å². The van der Waals surface area contributed by atoms with Crippen molar-refractivity contribution in [2.24, 2.45) is 0 Å². The Hall–Kier alpha value is -2.64. The van der Waals surface area contributed by atoms with E-state index in [2.05, 4.69) is 72.8 Å². The van der Waals surface area contributed by atoms with Crippen molar-refractivity contribution in [2.75, 3.05) is 6.61 Å². The van der Waals surface area contributed by atoms with Gasteiger partial charge in [0, 0.05) is 0 Å². The van der Waals surface area contributed by atoms with Gasteiger partial charge in [-0.05, 0) is 16.7 Å². The van der Waals surface area contributed by atoms with Crippen LogP contribution in [0, 0.1) is 0 Å². The molecule has 0 aliphatic carbocycles. The van der Waals surface area contributed by atoms with E-state index in [-0.39, 0.29) is 6.10 Å². The Morgan fingerprint density at radius 1 is 0.652 bits per heavy atom. The predicted molar refractivity (Wildman–Crippen MR) is 96.2 cm³/mol. The molecule has 0 spiro atoms. The van der Waals surface area contributed by atoms with Gasteiger partial charge in [0.05, 0.1) is 6.61 Å². The number of ether oxygens (including phenoxy) is 1. The van der Waals surface area contributed by atoms with Crippen molar-refractivity contribution in [1.29, 1.82) is 0 Å². The molecule has 0 amide bonds. The van der Waals surface area contributed by atoms with Gasteiger partial charge in [-0.2, -0.15) is 0 Å². The average molecular weight is 300 g/mol. The molecule has 1 nitrogen and oxygen atoms in total. The summed E-state index contributed by atoms with van der Waals surface area (Å²) in [6, 6.07) is 31.0. The first kappa shape index (κ1) is 15.3. The second-order valence-corrected chi connectivity index (χ2v) is 5.35. The second kappa shape index (κ2) is 8.11. The largest absolute Gasteiger partial charge is 0.365 e. The van der Waals surface area contributed by atoms with Crippen LogP contribution in [0.3, 0.4) is 0 Å². The Labute approximate surface area is 137 Å². The summed E-state index contributed by atoms with van der Waals surface area (Å²) >= 11 is 0. The molecule has 3 aromatic carbocycles. The lowest BCUT2D eigenvalue weighted by Gasteiger charge is -2.18. The lowest BCUT2D eigenvalue weighted by Crippen LogP contribution is -2.06. The number of benzene rings is 3. The Balaban J connectivity index is 1.71. The lowest BCUT2D eigenvalue weighted by atomic mass is 10.0. The molecule has 0 radical (unpaired) electrons. The zero-order valence-electron chi connectivity index (χ0n) is 13.0. The fourth-order valence-corrected chi connectivity index (χ4v) is 2.54. The molecule has 0 fully saturated rings. The van der Waals surface area contributed by atoms with E-state index in [9.17, 15) is 0 Å². The zero-order chi connectivity index (χ0) is 15.7. The van der Waals surface area contributed by atoms with E-state index in [1.165, 1.54) is 16.7 Å². The van der Waals surface area contributed by atoms with E-state index < -0.39 is 0 Å². The summed E-state index contributed by atoms with van der Waals surface area (Å²) in [5.74, 6) is 0. The molecule has 1 heteroatoms. The Morgan fingerprint density at radius 3 is 1.65 bits per heavy atom. The van der Waals surface area contributed by atoms with Crippen molar-refractivity contribution in [1.82, 2.24) is 0 Å². The minimum absolute atomic E-state index is 0.0437. The first-order valence-corrected chi connectivity index (χ1v) is 7.86. The Kier molecular flexibility index (Phi) is 5.38. The van der Waals surface area contributed by atoms with Gasteiger partial charge in [-0.3, -0.25) is 0 Å². The van der Waals surface area contributed by atoms with Gasteiger partial charge in [-0.15, -0.1) is 0 Å². The van der Waals surface area contributed by atoms with E-state index in [4.69, 9.17) is 4.74 Å². The maximum absolute atomic E-state index is 6.15. The van der Waals surface area contributed by atoms with Gasteiger partial charge in [0.25, 0.3) is 0 Å². The van der Waals surface area contributed by atoms with Gasteiger partial charge in [0.1, 0.15) is 6.10 Å². The van der Waals surface area contributed by atoms with Crippen LogP contribution >= 0.6 is 0 Å². The van der Waals surface area contributed by atoms with Crippen LogP contribution in [0.5, 0.6) is 0 Å². The minimum Gasteiger partial charge on any atom is -0.365 e. The molecule has 3 rings (SSSR count). The molecule has 0 heterocycles. The summed E-state index contributed by atoms with van der Waals surface area (Å²) in [7, 11) is 0. The zero-order valence-corrected chi connectivity index (χ0v) is 13.0. The maximum atomic E-state index is 6.15. The molecule has 0 saturated heterocycles. The molecule has 0 N–H and O–H groups in total. The van der Waals surface area contributed by atoms with Gasteiger partial charge in [-0.25, -0.2) is 0 Å². The molecule has 0 aliphatic heterocycles. The van der Waals surface area contributed by atoms with Gasteiger partial charge in [-0.1, -0.05) is 103 Å². The van der Waals surface area contributed by atoms with E-state index in [0.717, 1.165) is 0 Å². The van der Waals surface area contributed by atoms with Gasteiger partial charge in [0.15, 0.2) is 0 Å². The fraction of sp³-hybridized carbons (Fsp3) is 0.0909. The third kappa shape index (κ3) is 4.41. The SMILES string of the molecule is C(=Cc1ccccc1)COC(c1ccccc1)c1ccccc1. The summed E-state index contributed by atoms with van der Waals surface area (Å²) in [6.07, 6.45) is 4.11. The molecule has 0 aliphatic rings. The van der Waals surface area contributed by atoms with Crippen molar-refractivity contribution in [3.63, 3.8) is 0 Å². The van der Waals surface area contributed by atoms with E-state index >= 15 is 0 Å². The summed E-state index contributed by atoms with van der Waals surface area (Å²) in [6.45, 7) is 0.573. The summed E-state index contributed by atoms with van der Waals surface area (Å²) in [5, 5.41) is 0. The van der Waals surface area contributed by atoms with Crippen molar-refractivity contribution in [3.05, 3.63) is 114 Å². The molecule has 3 aromatic rings. The Morgan fingerprint density at radius 2 is 1.13 bits per heavy atom. The van der Waals surface area contributed by atoms with Crippen LogP contribution < -0.4 is 0 Å². The van der Waals surface area contributed by atoms with E-state index in [0.29, 0.717) is 6.61 Å². The van der Waals surface area contributed by atoms with Gasteiger partial charge in [0.2, 0.25) is 0 Å². The number of rotatable bonds is 6. The molecule has 23 heavy (non-hydrogen) atoms. The first-order chi connectivity index (χ1) is 11.4. The minimum atomic E-state index is -0.0437. The van der Waals surface area contributed by atoms with Crippen molar-refractivity contribution in [2.45, 2.75) is 6.10 Å². The lowest BCUT2D eigenvalue weighted by molar-refractivity contribution is 0.105. The molecule has 0 bridgehead atoms. The molecule has 0 atom stereocenters. The van der Waals surface area contributed by atoms with Crippen LogP contribution in [0.15, 0.2) is 97.1 Å². The molecule has 114 valence electrons. The van der Waals surface area contributed by atoms with Crippen molar-refractivity contribution < 1.29 is 4.74 Å². The average Bonchev–Trinajstić information content (AvgIpc) is 2.64. The highest BCUT2D eigenvalue weighted by molar-refractivity contribution is 5.48. The van der Waals surface area contributed by atoms with Crippen molar-refractivity contribution in [3.8, 4) is 0 Å². The highest BCUT2D eigenvalue weighted by Crippen LogP contribution is 2.25. The standard InChI is InChI=1S/C22H20O/c1-4-11-19(12-5-1)13-10-18-23-22(20-14-6-2-7-15-20)21-16-8-3-9-17-21/h1-17,22H,18H2. The van der Waals surface area contributed by atoms with Gasteiger partial charge >= 0.3 is 0 Å². The maximum Gasteiger partial charge on any atom is 0.108 e. The third-order valence-electron chi connectivity index (χ3n) is 3.67. The predicted octanol–water partition coefficient (Wildman–Crippen LogP) is 5.51. The van der Waals surface area contributed by atoms with E-state index in [1.54, 1.807) is 0 Å². The monoisotopic (exact) mass is 300 g/mol. The van der Waals surface area contributed by atoms with Crippen LogP contribution in [0.1, 0.15) is 22.8 Å². The highest BCUT2D eigenvalue weighted by Gasteiger charge is 2.13. The summed E-state index contributed by atoms with van der Waals surface area (Å²) in [4.78, 5) is 0. The normalized spacial score (nSPS) is 11.2. The topological polar surface area (TPSA) is 9.23 Å². The number of hydrogen-bond donors (Lipinski definition) is 0. The van der Waals surface area contributed by atoms with Crippen LogP contribution in [0.25, 0.3) is 6.08 Å². The molecular weight excluding hydrogens is 280 g/mol. The second-order valence-electron chi connectivity index (χ2n) is 5.35. The first-order valence-electron chi connectivity index (χ1n) is 7.86. The smallest absolute Gasteiger partial charge is 0.108 e. The molecular formula is C22H20O. The van der Waals surface area contributed by atoms with Crippen LogP contribution in [-0.2, 0) is 4.74 Å². The fourth-order valence-electron chi connectivity index (χ4n) is 2.54. The summed E-state index contributed by atoms with van der Waals surface area (Å²) in [5.41, 5.74) is 3.53. The third-order valence-corrected chi connectivity index (χ3v) is 3.67. The number of hydrogen-bond acceptors (Lipinski definition) is 1. The highest BCUT2D eigenvalue weighted by atomic mass is 16.5. The van der Waals surface area contributed by atoms with Crippen LogP contribution in [0.2, 0.25) is 0 Å². The van der Waals surface area contributed by atoms with Crippen LogP contribution in [0.4, 0.5) is 0 Å². The van der Waals surface area contributed by atoms with E-state index in [1.807, 2.05) is 30.3 Å². The molecule has 0 unspecified atom stereocenters. The molecule has 0 aromatic heterocycles. The molecule has 0 saturated carbocycles. The van der Waals surface area contributed by atoms with Crippen molar-refractivity contribution >= 4 is 6.08 Å².